The molecule has 0 saturated carbocycles. The average Bonchev–Trinajstić information content (AvgIpc) is 2.36. The number of halogens is 13. The van der Waals surface area contributed by atoms with Gasteiger partial charge in [-0.3, -0.25) is 0 Å². The SMILES string of the molecule is FC(F)(F)C(CCCS)CC(CC(F)(C(F)(F)F)C(F)(F)F)C(F)(F)F. The van der Waals surface area contributed by atoms with Crippen molar-refractivity contribution in [2.45, 2.75) is 56.1 Å². The van der Waals surface area contributed by atoms with E-state index in [0.717, 1.165) is 0 Å². The second-order valence-electron chi connectivity index (χ2n) is 5.58. The summed E-state index contributed by atoms with van der Waals surface area (Å²) >= 11 is 3.54. The van der Waals surface area contributed by atoms with E-state index in [1.807, 2.05) is 0 Å². The van der Waals surface area contributed by atoms with Gasteiger partial charge in [-0.1, -0.05) is 0 Å². The largest absolute Gasteiger partial charge is 0.431 e. The molecule has 2 unspecified atom stereocenters. The molecule has 14 heteroatoms. The molecule has 0 amide bonds. The molecule has 0 nitrogen and oxygen atoms in total. The zero-order chi connectivity index (χ0) is 21.2. The lowest BCUT2D eigenvalue weighted by Gasteiger charge is -2.35. The lowest BCUT2D eigenvalue weighted by atomic mass is 9.82. The Balaban J connectivity index is 5.83. The Labute approximate surface area is 144 Å². The molecule has 0 aromatic carbocycles. The minimum Gasteiger partial charge on any atom is -0.224 e. The normalized spacial score (nSPS) is 17.3. The van der Waals surface area contributed by atoms with E-state index < -0.39 is 67.9 Å². The van der Waals surface area contributed by atoms with Crippen LogP contribution in [0, 0.1) is 11.8 Å². The van der Waals surface area contributed by atoms with Crippen molar-refractivity contribution < 1.29 is 57.1 Å². The number of hydrogen-bond acceptors (Lipinski definition) is 1. The Morgan fingerprint density at radius 3 is 1.27 bits per heavy atom. The molecule has 0 aromatic rings. The summed E-state index contributed by atoms with van der Waals surface area (Å²) in [5.74, 6) is -6.86. The van der Waals surface area contributed by atoms with Gasteiger partial charge < -0.3 is 0 Å². The van der Waals surface area contributed by atoms with Crippen molar-refractivity contribution in [2.75, 3.05) is 5.75 Å². The number of rotatable bonds is 7. The smallest absolute Gasteiger partial charge is 0.224 e. The Morgan fingerprint density at radius 2 is 1.00 bits per heavy atom. The van der Waals surface area contributed by atoms with E-state index in [0.29, 0.717) is 0 Å². The fourth-order valence-corrected chi connectivity index (χ4v) is 2.34. The molecular weight excluding hydrogens is 423 g/mol. The van der Waals surface area contributed by atoms with Gasteiger partial charge in [0, 0.05) is 6.42 Å². The second-order valence-corrected chi connectivity index (χ2v) is 6.03. The summed E-state index contributed by atoms with van der Waals surface area (Å²) in [7, 11) is 0. The number of alkyl halides is 13. The summed E-state index contributed by atoms with van der Waals surface area (Å²) in [6.07, 6.45) is -31.6. The van der Waals surface area contributed by atoms with Gasteiger partial charge in [0.1, 0.15) is 0 Å². The molecule has 26 heavy (non-hydrogen) atoms. The maximum absolute atomic E-state index is 13.5. The Kier molecular flexibility index (Phi) is 8.03. The Bertz CT molecular complexity index is 416. The van der Waals surface area contributed by atoms with Gasteiger partial charge in [-0.05, 0) is 25.0 Å². The molecule has 0 N–H and O–H groups in total. The van der Waals surface area contributed by atoms with Crippen LogP contribution in [0.2, 0.25) is 0 Å². The third-order valence-corrected chi connectivity index (χ3v) is 3.95. The summed E-state index contributed by atoms with van der Waals surface area (Å²) in [4.78, 5) is 0. The predicted octanol–water partition coefficient (Wildman–Crippen LogP) is 6.67. The van der Waals surface area contributed by atoms with Crippen LogP contribution in [0.4, 0.5) is 57.1 Å². The fourth-order valence-electron chi connectivity index (χ4n) is 2.16. The van der Waals surface area contributed by atoms with Crippen molar-refractivity contribution >= 4 is 12.6 Å². The van der Waals surface area contributed by atoms with Crippen molar-refractivity contribution in [1.29, 1.82) is 0 Å². The van der Waals surface area contributed by atoms with Crippen molar-refractivity contribution in [3.8, 4) is 0 Å². The highest BCUT2D eigenvalue weighted by atomic mass is 32.1. The minimum absolute atomic E-state index is 0.207. The number of thiol groups is 1. The third kappa shape index (κ3) is 6.55. The lowest BCUT2D eigenvalue weighted by Crippen LogP contribution is -2.55. The van der Waals surface area contributed by atoms with E-state index in [2.05, 4.69) is 12.6 Å². The van der Waals surface area contributed by atoms with E-state index in [1.54, 1.807) is 0 Å². The van der Waals surface area contributed by atoms with Crippen LogP contribution in [-0.4, -0.2) is 36.1 Å². The summed E-state index contributed by atoms with van der Waals surface area (Å²) in [5, 5.41) is 0. The lowest BCUT2D eigenvalue weighted by molar-refractivity contribution is -0.353. The van der Waals surface area contributed by atoms with Gasteiger partial charge in [0.05, 0.1) is 11.8 Å². The van der Waals surface area contributed by atoms with Crippen LogP contribution in [0.5, 0.6) is 0 Å². The van der Waals surface area contributed by atoms with Crippen LogP contribution in [0.25, 0.3) is 0 Å². The van der Waals surface area contributed by atoms with Crippen LogP contribution < -0.4 is 0 Å². The van der Waals surface area contributed by atoms with Crippen molar-refractivity contribution in [3.05, 3.63) is 0 Å². The van der Waals surface area contributed by atoms with E-state index in [9.17, 15) is 57.1 Å². The van der Waals surface area contributed by atoms with E-state index in [-0.39, 0.29) is 5.75 Å². The van der Waals surface area contributed by atoms with Gasteiger partial charge >= 0.3 is 24.7 Å². The molecule has 0 aliphatic rings. The zero-order valence-corrected chi connectivity index (χ0v) is 13.4. The molecule has 0 spiro atoms. The van der Waals surface area contributed by atoms with Gasteiger partial charge in [0.25, 0.3) is 5.67 Å². The van der Waals surface area contributed by atoms with Crippen LogP contribution in [0.1, 0.15) is 25.7 Å². The maximum atomic E-state index is 13.5. The van der Waals surface area contributed by atoms with Crippen molar-refractivity contribution in [3.63, 3.8) is 0 Å². The van der Waals surface area contributed by atoms with Gasteiger partial charge in [0.2, 0.25) is 0 Å². The van der Waals surface area contributed by atoms with Gasteiger partial charge in [0.15, 0.2) is 0 Å². The zero-order valence-electron chi connectivity index (χ0n) is 12.6. The van der Waals surface area contributed by atoms with Crippen LogP contribution in [0.15, 0.2) is 0 Å². The van der Waals surface area contributed by atoms with Crippen LogP contribution >= 0.6 is 12.6 Å². The molecular formula is C12H13F13S. The summed E-state index contributed by atoms with van der Waals surface area (Å²) in [6, 6.07) is 0. The molecule has 0 heterocycles. The van der Waals surface area contributed by atoms with Crippen LogP contribution in [0.3, 0.4) is 0 Å². The van der Waals surface area contributed by atoms with Gasteiger partial charge in [-0.15, -0.1) is 0 Å². The molecule has 2 atom stereocenters. The first-order valence-electron chi connectivity index (χ1n) is 6.84. The molecule has 0 radical (unpaired) electrons. The highest BCUT2D eigenvalue weighted by Gasteiger charge is 2.74. The van der Waals surface area contributed by atoms with E-state index in [1.165, 1.54) is 0 Å². The molecule has 0 rings (SSSR count). The minimum atomic E-state index is -6.78. The molecule has 158 valence electrons. The van der Waals surface area contributed by atoms with E-state index >= 15 is 0 Å². The summed E-state index contributed by atoms with van der Waals surface area (Å²) in [5.41, 5.74) is -6.29. The van der Waals surface area contributed by atoms with Crippen molar-refractivity contribution in [2.24, 2.45) is 11.8 Å². The van der Waals surface area contributed by atoms with E-state index in [4.69, 9.17) is 0 Å². The maximum Gasteiger partial charge on any atom is 0.431 e. The topological polar surface area (TPSA) is 0 Å². The van der Waals surface area contributed by atoms with Gasteiger partial charge in [-0.2, -0.15) is 65.3 Å². The third-order valence-electron chi connectivity index (χ3n) is 3.63. The highest BCUT2D eigenvalue weighted by Crippen LogP contribution is 2.53. The average molecular weight is 436 g/mol. The summed E-state index contributed by atoms with van der Waals surface area (Å²) < 4.78 is 165. The molecule has 0 aromatic heterocycles. The molecule has 0 fully saturated rings. The fraction of sp³-hybridized carbons (Fsp3) is 1.00. The standard InChI is InChI=1S/C12H13F13S/c13-8(11(20,21)22,12(23,24)25)5-7(10(17,18)19)4-6(2-1-3-26)9(14,15)16/h6-7,26H,1-5H2. The quantitative estimate of drug-likeness (QED) is 0.335. The Hall–Kier alpha value is -0.560. The monoisotopic (exact) mass is 436 g/mol. The first-order valence-corrected chi connectivity index (χ1v) is 7.47. The predicted molar refractivity (Wildman–Crippen MR) is 67.4 cm³/mol. The molecule has 0 aliphatic heterocycles. The molecule has 0 saturated heterocycles. The second kappa shape index (κ2) is 8.21. The Morgan fingerprint density at radius 1 is 0.615 bits per heavy atom. The van der Waals surface area contributed by atoms with Crippen molar-refractivity contribution in [1.82, 2.24) is 0 Å². The molecule has 0 aliphatic carbocycles. The molecule has 0 bridgehead atoms. The number of hydrogen-bond donors (Lipinski definition) is 1. The first-order chi connectivity index (χ1) is 11.3. The first kappa shape index (κ1) is 25.4. The van der Waals surface area contributed by atoms with Crippen LogP contribution in [-0.2, 0) is 0 Å². The van der Waals surface area contributed by atoms with Gasteiger partial charge in [-0.25, -0.2) is 4.39 Å². The summed E-state index contributed by atoms with van der Waals surface area (Å²) in [6.45, 7) is 0. The highest BCUT2D eigenvalue weighted by molar-refractivity contribution is 7.80.